The van der Waals surface area contributed by atoms with Crippen LogP contribution in [-0.4, -0.2) is 45.5 Å². The number of rotatable bonds is 4. The Hall–Kier alpha value is -3.56. The van der Waals surface area contributed by atoms with E-state index in [0.717, 1.165) is 11.1 Å². The van der Waals surface area contributed by atoms with Gasteiger partial charge in [-0.15, -0.1) is 0 Å². The van der Waals surface area contributed by atoms with Gasteiger partial charge >= 0.3 is 0 Å². The largest absolute Gasteiger partial charge is 0.368 e. The summed E-state index contributed by atoms with van der Waals surface area (Å²) in [6, 6.07) is 4.59. The third-order valence-electron chi connectivity index (χ3n) is 5.06. The van der Waals surface area contributed by atoms with Crippen molar-refractivity contribution in [1.29, 1.82) is 0 Å². The van der Waals surface area contributed by atoms with Crippen molar-refractivity contribution < 1.29 is 9.18 Å². The number of amides is 1. The molecule has 0 spiro atoms. The molecule has 4 N–H and O–H groups in total. The maximum absolute atomic E-state index is 14.6. The van der Waals surface area contributed by atoms with Crippen LogP contribution in [0.4, 0.5) is 22.1 Å². The molecule has 1 aromatic carbocycles. The van der Waals surface area contributed by atoms with Gasteiger partial charge in [0.1, 0.15) is 17.5 Å². The minimum atomic E-state index is -0.347. The van der Waals surface area contributed by atoms with Crippen LogP contribution in [0.5, 0.6) is 0 Å². The fourth-order valence-electron chi connectivity index (χ4n) is 3.60. The summed E-state index contributed by atoms with van der Waals surface area (Å²) in [6.07, 6.45) is 0. The van der Waals surface area contributed by atoms with E-state index in [2.05, 4.69) is 25.6 Å². The van der Waals surface area contributed by atoms with Gasteiger partial charge < -0.3 is 21.3 Å². The fourth-order valence-corrected chi connectivity index (χ4v) is 3.60. The lowest BCUT2D eigenvalue weighted by molar-refractivity contribution is -0.120. The highest BCUT2D eigenvalue weighted by atomic mass is 19.1. The number of fused-ring (bicyclic) bond motifs is 1. The maximum atomic E-state index is 14.6. The van der Waals surface area contributed by atoms with Crippen LogP contribution in [0.25, 0.3) is 10.9 Å². The van der Waals surface area contributed by atoms with E-state index >= 15 is 0 Å². The minimum Gasteiger partial charge on any atom is -0.368 e. The van der Waals surface area contributed by atoms with Gasteiger partial charge in [-0.3, -0.25) is 4.79 Å². The summed E-state index contributed by atoms with van der Waals surface area (Å²) < 4.78 is 14.6. The Morgan fingerprint density at radius 3 is 2.77 bits per heavy atom. The molecule has 30 heavy (non-hydrogen) atoms. The van der Waals surface area contributed by atoms with Crippen LogP contribution in [0.1, 0.15) is 29.9 Å². The molecule has 4 rings (SSSR count). The highest BCUT2D eigenvalue weighted by Crippen LogP contribution is 2.32. The Bertz CT molecular complexity index is 1120. The third-order valence-corrected chi connectivity index (χ3v) is 5.06. The van der Waals surface area contributed by atoms with Gasteiger partial charge in [0.15, 0.2) is 0 Å². The average molecular weight is 410 g/mol. The molecule has 1 fully saturated rings. The fraction of sp³-hybridized carbons (Fsp3) is 0.350. The highest BCUT2D eigenvalue weighted by molar-refractivity contribution is 5.87. The molecule has 0 aliphatic carbocycles. The number of nitrogen functional groups attached to an aromatic ring is 1. The number of nitrogens with one attached hydrogen (secondary N) is 2. The van der Waals surface area contributed by atoms with Crippen LogP contribution in [0.3, 0.4) is 0 Å². The predicted molar refractivity (Wildman–Crippen MR) is 113 cm³/mol. The first-order valence-electron chi connectivity index (χ1n) is 9.68. The first-order chi connectivity index (χ1) is 14.3. The second kappa shape index (κ2) is 7.69. The van der Waals surface area contributed by atoms with Crippen molar-refractivity contribution in [2.75, 3.05) is 35.6 Å². The number of piperazine rings is 1. The summed E-state index contributed by atoms with van der Waals surface area (Å²) in [7, 11) is 0. The van der Waals surface area contributed by atoms with Crippen molar-refractivity contribution in [3.05, 3.63) is 41.0 Å². The summed E-state index contributed by atoms with van der Waals surface area (Å²) in [5, 5.41) is 6.44. The zero-order chi connectivity index (χ0) is 21.4. The number of nitrogens with zero attached hydrogens (tertiary/aromatic N) is 5. The van der Waals surface area contributed by atoms with E-state index in [1.165, 1.54) is 6.07 Å². The normalized spacial score (nSPS) is 15.2. The number of pyridine rings is 1. The molecule has 3 aromatic rings. The first-order valence-corrected chi connectivity index (χ1v) is 9.68. The van der Waals surface area contributed by atoms with Crippen molar-refractivity contribution in [3.8, 4) is 0 Å². The molecule has 0 radical (unpaired) electrons. The second-order valence-electron chi connectivity index (χ2n) is 7.36. The van der Waals surface area contributed by atoms with Gasteiger partial charge in [-0.2, -0.15) is 15.0 Å². The van der Waals surface area contributed by atoms with Crippen LogP contribution >= 0.6 is 0 Å². The molecule has 10 heteroatoms. The van der Waals surface area contributed by atoms with Crippen LogP contribution in [0.15, 0.2) is 18.2 Å². The van der Waals surface area contributed by atoms with Gasteiger partial charge in [0.05, 0.1) is 18.1 Å². The SMILES string of the molecule is Cc1nc(N)nc(N[C@@H](C)c2cc3c(F)ccc(C)c3nc2N2CCNC(=O)C2)n1. The molecule has 0 unspecified atom stereocenters. The van der Waals surface area contributed by atoms with E-state index in [1.54, 1.807) is 19.1 Å². The lowest BCUT2D eigenvalue weighted by atomic mass is 10.0. The summed E-state index contributed by atoms with van der Waals surface area (Å²) >= 11 is 0. The standard InChI is InChI=1S/C20H23FN8O/c1-10-4-5-15(21)14-8-13(11(2)24-20-26-12(3)25-19(22)28-20)18(27-17(10)14)29-7-6-23-16(30)9-29/h4-5,8,11H,6-7,9H2,1-3H3,(H,23,30)(H3,22,24,25,26,28)/t11-/m0/s1. The predicted octanol–water partition coefficient (Wildman–Crippen LogP) is 1.87. The lowest BCUT2D eigenvalue weighted by Crippen LogP contribution is -2.48. The quantitative estimate of drug-likeness (QED) is 0.596. The van der Waals surface area contributed by atoms with Crippen molar-refractivity contribution in [1.82, 2.24) is 25.3 Å². The van der Waals surface area contributed by atoms with Crippen molar-refractivity contribution >= 4 is 34.5 Å². The van der Waals surface area contributed by atoms with E-state index in [9.17, 15) is 9.18 Å². The maximum Gasteiger partial charge on any atom is 0.239 e. The topological polar surface area (TPSA) is 122 Å². The number of aromatic nitrogens is 4. The zero-order valence-corrected chi connectivity index (χ0v) is 17.0. The molecule has 1 atom stereocenters. The molecule has 156 valence electrons. The van der Waals surface area contributed by atoms with E-state index in [4.69, 9.17) is 10.7 Å². The number of hydrogen-bond donors (Lipinski definition) is 3. The Balaban J connectivity index is 1.82. The van der Waals surface area contributed by atoms with Crippen molar-refractivity contribution in [2.24, 2.45) is 0 Å². The van der Waals surface area contributed by atoms with E-state index in [0.29, 0.717) is 41.6 Å². The molecule has 0 bridgehead atoms. The van der Waals surface area contributed by atoms with Gasteiger partial charge in [-0.25, -0.2) is 9.37 Å². The lowest BCUT2D eigenvalue weighted by Gasteiger charge is -2.31. The number of nitrogens with two attached hydrogens (primary N) is 1. The molecule has 3 heterocycles. The van der Waals surface area contributed by atoms with Crippen LogP contribution in [-0.2, 0) is 4.79 Å². The number of carbonyl (C=O) groups is 1. The number of anilines is 3. The van der Waals surface area contributed by atoms with Crippen LogP contribution in [0, 0.1) is 19.7 Å². The smallest absolute Gasteiger partial charge is 0.239 e. The van der Waals surface area contributed by atoms with E-state index < -0.39 is 0 Å². The number of aryl methyl sites for hydroxylation is 2. The monoisotopic (exact) mass is 410 g/mol. The molecule has 1 amide bonds. The third kappa shape index (κ3) is 3.80. The van der Waals surface area contributed by atoms with Gasteiger partial charge in [0.2, 0.25) is 17.8 Å². The highest BCUT2D eigenvalue weighted by Gasteiger charge is 2.24. The summed E-state index contributed by atoms with van der Waals surface area (Å²) in [5.41, 5.74) is 7.90. The number of halogens is 1. The summed E-state index contributed by atoms with van der Waals surface area (Å²) in [5.74, 6) is 1.13. The minimum absolute atomic E-state index is 0.0773. The van der Waals surface area contributed by atoms with Crippen LogP contribution in [0.2, 0.25) is 0 Å². The molecule has 1 saturated heterocycles. The van der Waals surface area contributed by atoms with Crippen LogP contribution < -0.4 is 21.3 Å². The number of hydrogen-bond acceptors (Lipinski definition) is 8. The Morgan fingerprint density at radius 2 is 2.03 bits per heavy atom. The molecule has 9 nitrogen and oxygen atoms in total. The van der Waals surface area contributed by atoms with Crippen molar-refractivity contribution in [2.45, 2.75) is 26.8 Å². The van der Waals surface area contributed by atoms with Gasteiger partial charge in [0, 0.05) is 24.0 Å². The molecular weight excluding hydrogens is 387 g/mol. The van der Waals surface area contributed by atoms with Crippen molar-refractivity contribution in [3.63, 3.8) is 0 Å². The molecule has 2 aromatic heterocycles. The van der Waals surface area contributed by atoms with E-state index in [1.807, 2.05) is 18.7 Å². The van der Waals surface area contributed by atoms with Gasteiger partial charge in [-0.05, 0) is 38.5 Å². The molecule has 0 saturated carbocycles. The molecular formula is C20H23FN8O. The Labute approximate surface area is 172 Å². The summed E-state index contributed by atoms with van der Waals surface area (Å²) in [6.45, 7) is 6.83. The Kier molecular flexibility index (Phi) is 5.06. The molecule has 1 aliphatic rings. The van der Waals surface area contributed by atoms with Gasteiger partial charge in [0.25, 0.3) is 0 Å². The van der Waals surface area contributed by atoms with Gasteiger partial charge in [-0.1, -0.05) is 6.07 Å². The van der Waals surface area contributed by atoms with E-state index in [-0.39, 0.29) is 30.3 Å². The molecule has 1 aliphatic heterocycles. The second-order valence-corrected chi connectivity index (χ2v) is 7.36. The zero-order valence-electron chi connectivity index (χ0n) is 17.0. The average Bonchev–Trinajstić information content (AvgIpc) is 2.69. The summed E-state index contributed by atoms with van der Waals surface area (Å²) in [4.78, 5) is 31.0. The number of carbonyl (C=O) groups excluding carboxylic acids is 1. The Morgan fingerprint density at radius 1 is 1.23 bits per heavy atom. The number of benzene rings is 1. The first kappa shape index (κ1) is 19.7.